The minimum atomic E-state index is 0.457. The molecule has 1 heterocycles. The molecule has 0 bridgehead atoms. The zero-order valence-corrected chi connectivity index (χ0v) is 12.9. The molecule has 0 saturated carbocycles. The number of rotatable bonds is 14. The molecule has 1 rings (SSSR count). The third-order valence-corrected chi connectivity index (χ3v) is 2.65. The summed E-state index contributed by atoms with van der Waals surface area (Å²) < 4.78 is 20.6. The van der Waals surface area contributed by atoms with Crippen LogP contribution in [0.4, 0.5) is 6.01 Å². The lowest BCUT2D eigenvalue weighted by Crippen LogP contribution is -2.18. The predicted octanol–water partition coefficient (Wildman–Crippen LogP) is 0.661. The molecule has 21 heavy (non-hydrogen) atoms. The van der Waals surface area contributed by atoms with Crippen LogP contribution in [0, 0.1) is 0 Å². The Bertz CT molecular complexity index is 349. The first-order valence-electron chi connectivity index (χ1n) is 7.19. The van der Waals surface area contributed by atoms with Crippen LogP contribution < -0.4 is 10.6 Å². The van der Waals surface area contributed by atoms with Crippen LogP contribution in [-0.2, 0) is 20.8 Å². The van der Waals surface area contributed by atoms with Gasteiger partial charge in [-0.3, -0.25) is 0 Å². The fraction of sp³-hybridized carbons (Fsp3) is 0.846. The summed E-state index contributed by atoms with van der Waals surface area (Å²) >= 11 is 0. The maximum absolute atomic E-state index is 5.44. The molecule has 0 unspecified atom stereocenters. The Morgan fingerprint density at radius 1 is 0.952 bits per heavy atom. The summed E-state index contributed by atoms with van der Waals surface area (Å²) in [6.07, 6.45) is 1.97. The Balaban J connectivity index is 1.98. The lowest BCUT2D eigenvalue weighted by molar-refractivity contribution is 0.0691. The van der Waals surface area contributed by atoms with Crippen molar-refractivity contribution in [2.75, 3.05) is 59.1 Å². The first-order chi connectivity index (χ1) is 10.4. The first-order valence-corrected chi connectivity index (χ1v) is 7.19. The van der Waals surface area contributed by atoms with Gasteiger partial charge < -0.3 is 29.3 Å². The van der Waals surface area contributed by atoms with Gasteiger partial charge in [0.15, 0.2) is 0 Å². The normalized spacial score (nSPS) is 11.0. The molecule has 0 atom stereocenters. The van der Waals surface area contributed by atoms with E-state index in [4.69, 9.17) is 18.6 Å². The second-order valence-electron chi connectivity index (χ2n) is 4.41. The van der Waals surface area contributed by atoms with E-state index in [1.165, 1.54) is 0 Å². The molecule has 122 valence electrons. The lowest BCUT2D eigenvalue weighted by atomic mass is 10.3. The molecular weight excluding hydrogens is 276 g/mol. The summed E-state index contributed by atoms with van der Waals surface area (Å²) in [4.78, 5) is 0. The number of unbranched alkanes of at least 4 members (excludes halogenated alkanes) is 1. The van der Waals surface area contributed by atoms with E-state index in [1.807, 2.05) is 0 Å². The lowest BCUT2D eigenvalue weighted by Gasteiger charge is -2.03. The van der Waals surface area contributed by atoms with Crippen LogP contribution in [0.5, 0.6) is 0 Å². The van der Waals surface area contributed by atoms with Gasteiger partial charge in [-0.2, -0.15) is 0 Å². The number of anilines is 1. The highest BCUT2D eigenvalue weighted by molar-refractivity contribution is 5.16. The van der Waals surface area contributed by atoms with Crippen molar-refractivity contribution in [2.24, 2.45) is 0 Å². The highest BCUT2D eigenvalue weighted by atomic mass is 16.5. The van der Waals surface area contributed by atoms with E-state index < -0.39 is 0 Å². The fourth-order valence-electron chi connectivity index (χ4n) is 1.53. The number of nitrogens with one attached hydrogen (secondary N) is 2. The number of methoxy groups -OCH3 is 2. The van der Waals surface area contributed by atoms with Crippen molar-refractivity contribution in [3.8, 4) is 0 Å². The minimum Gasteiger partial charge on any atom is -0.407 e. The summed E-state index contributed by atoms with van der Waals surface area (Å²) in [5, 5.41) is 14.1. The molecule has 2 N–H and O–H groups in total. The van der Waals surface area contributed by atoms with Crippen molar-refractivity contribution in [1.29, 1.82) is 0 Å². The van der Waals surface area contributed by atoms with E-state index in [2.05, 4.69) is 20.8 Å². The van der Waals surface area contributed by atoms with Gasteiger partial charge in [0.25, 0.3) is 0 Å². The van der Waals surface area contributed by atoms with Gasteiger partial charge in [0.1, 0.15) is 0 Å². The Labute approximate surface area is 125 Å². The van der Waals surface area contributed by atoms with E-state index in [0.717, 1.165) is 32.5 Å². The molecule has 0 aromatic carbocycles. The number of ether oxygens (including phenoxy) is 3. The number of nitrogens with zero attached hydrogens (tertiary/aromatic N) is 2. The summed E-state index contributed by atoms with van der Waals surface area (Å²) in [6.45, 7) is 4.77. The van der Waals surface area contributed by atoms with Crippen LogP contribution in [0.3, 0.4) is 0 Å². The highest BCUT2D eigenvalue weighted by Crippen LogP contribution is 2.05. The molecular formula is C13H26N4O4. The van der Waals surface area contributed by atoms with Crippen molar-refractivity contribution >= 4 is 6.01 Å². The second kappa shape index (κ2) is 12.5. The van der Waals surface area contributed by atoms with Gasteiger partial charge in [-0.15, -0.1) is 5.10 Å². The minimum absolute atomic E-state index is 0.457. The van der Waals surface area contributed by atoms with Crippen molar-refractivity contribution in [3.63, 3.8) is 0 Å². The van der Waals surface area contributed by atoms with E-state index >= 15 is 0 Å². The standard InChI is InChI=1S/C13H26N4O4/c1-18-8-6-14-11-12-16-17-13(21-12)15-5-3-4-7-20-10-9-19-2/h14H,3-11H2,1-2H3,(H,15,17). The van der Waals surface area contributed by atoms with Gasteiger partial charge in [-0.25, -0.2) is 0 Å². The smallest absolute Gasteiger partial charge is 0.315 e. The molecule has 0 spiro atoms. The van der Waals surface area contributed by atoms with Crippen molar-refractivity contribution < 1.29 is 18.6 Å². The molecule has 0 amide bonds. The zero-order chi connectivity index (χ0) is 15.2. The van der Waals surface area contributed by atoms with Gasteiger partial charge in [0.05, 0.1) is 26.4 Å². The van der Waals surface area contributed by atoms with E-state index in [-0.39, 0.29) is 0 Å². The summed E-state index contributed by atoms with van der Waals surface area (Å²) in [6, 6.07) is 0.457. The van der Waals surface area contributed by atoms with Crippen LogP contribution in [0.15, 0.2) is 4.42 Å². The number of hydrogen-bond donors (Lipinski definition) is 2. The van der Waals surface area contributed by atoms with Crippen LogP contribution in [-0.4, -0.2) is 63.9 Å². The quantitative estimate of drug-likeness (QED) is 0.484. The van der Waals surface area contributed by atoms with Gasteiger partial charge >= 0.3 is 6.01 Å². The maximum Gasteiger partial charge on any atom is 0.315 e. The first kappa shape index (κ1) is 17.8. The molecule has 0 aliphatic heterocycles. The van der Waals surface area contributed by atoms with Gasteiger partial charge in [-0.05, 0) is 12.8 Å². The van der Waals surface area contributed by atoms with Gasteiger partial charge in [0, 0.05) is 33.9 Å². The molecule has 0 aliphatic carbocycles. The van der Waals surface area contributed by atoms with Crippen molar-refractivity contribution in [3.05, 3.63) is 5.89 Å². The maximum atomic E-state index is 5.44. The van der Waals surface area contributed by atoms with Gasteiger partial charge in [0.2, 0.25) is 5.89 Å². The Morgan fingerprint density at radius 2 is 1.81 bits per heavy atom. The Kier molecular flexibility index (Phi) is 10.6. The van der Waals surface area contributed by atoms with Crippen LogP contribution in [0.1, 0.15) is 18.7 Å². The third kappa shape index (κ3) is 9.35. The van der Waals surface area contributed by atoms with Crippen LogP contribution >= 0.6 is 0 Å². The average Bonchev–Trinajstić information content (AvgIpc) is 2.94. The molecule has 1 aromatic rings. The van der Waals surface area contributed by atoms with E-state index in [0.29, 0.717) is 38.3 Å². The van der Waals surface area contributed by atoms with Gasteiger partial charge in [-0.1, -0.05) is 5.10 Å². The van der Waals surface area contributed by atoms with Crippen LogP contribution in [0.2, 0.25) is 0 Å². The summed E-state index contributed by atoms with van der Waals surface area (Å²) in [7, 11) is 3.33. The van der Waals surface area contributed by atoms with E-state index in [1.54, 1.807) is 14.2 Å². The second-order valence-corrected chi connectivity index (χ2v) is 4.41. The Hall–Kier alpha value is -1.22. The molecule has 8 heteroatoms. The summed E-state index contributed by atoms with van der Waals surface area (Å²) in [5.41, 5.74) is 0. The Morgan fingerprint density at radius 3 is 2.62 bits per heavy atom. The predicted molar refractivity (Wildman–Crippen MR) is 78.3 cm³/mol. The fourth-order valence-corrected chi connectivity index (χ4v) is 1.53. The largest absolute Gasteiger partial charge is 0.407 e. The van der Waals surface area contributed by atoms with Crippen molar-refractivity contribution in [2.45, 2.75) is 19.4 Å². The third-order valence-electron chi connectivity index (χ3n) is 2.65. The molecule has 0 saturated heterocycles. The van der Waals surface area contributed by atoms with E-state index in [9.17, 15) is 0 Å². The molecule has 1 aromatic heterocycles. The van der Waals surface area contributed by atoms with Crippen LogP contribution in [0.25, 0.3) is 0 Å². The summed E-state index contributed by atoms with van der Waals surface area (Å²) in [5.74, 6) is 0.566. The monoisotopic (exact) mass is 302 g/mol. The highest BCUT2D eigenvalue weighted by Gasteiger charge is 2.04. The topological polar surface area (TPSA) is 90.7 Å². The SMILES string of the molecule is COCCNCc1nnc(NCCCCOCCOC)o1. The molecule has 0 fully saturated rings. The molecule has 0 radical (unpaired) electrons. The van der Waals surface area contributed by atoms with Crippen molar-refractivity contribution in [1.82, 2.24) is 15.5 Å². The zero-order valence-electron chi connectivity index (χ0n) is 12.9. The number of aromatic nitrogens is 2. The molecule has 0 aliphatic rings. The number of hydrogen-bond acceptors (Lipinski definition) is 8. The average molecular weight is 302 g/mol. The molecule has 8 nitrogen and oxygen atoms in total.